The van der Waals surface area contributed by atoms with Gasteiger partial charge in [-0.1, -0.05) is 0 Å². The Morgan fingerprint density at radius 3 is 0.506 bits per heavy atom. The lowest BCUT2D eigenvalue weighted by Crippen LogP contribution is -2.79. The maximum atomic E-state index is 14.1. The summed E-state index contributed by atoms with van der Waals surface area (Å²) in [4.78, 5) is 9.03. The smallest absolute Gasteiger partial charge is 0.302 e. The minimum Gasteiger partial charge on any atom is -0.302 e. The molecule has 0 aliphatic heterocycles. The van der Waals surface area contributed by atoms with Crippen LogP contribution in [0.15, 0.2) is 0 Å². The topological polar surface area (TPSA) is 55.8 Å². The molecule has 0 spiro atoms. The highest BCUT2D eigenvalue weighted by atomic mass is 31.2. The molecule has 0 fully saturated rings. The third kappa shape index (κ3) is 9.85. The van der Waals surface area contributed by atoms with E-state index < -0.39 is 165 Å². The van der Waals surface area contributed by atoms with Crippen LogP contribution >= 0.6 is 7.82 Å². The first-order valence-corrected chi connectivity index (χ1v) is 18.2. The van der Waals surface area contributed by atoms with Crippen LogP contribution in [0.4, 0.5) is 202 Å². The zero-order valence-electron chi connectivity index (χ0n) is 33.3. The van der Waals surface area contributed by atoms with Gasteiger partial charge in [0.1, 0.15) is 0 Å². The number of rotatable bonds is 24. The lowest BCUT2D eigenvalue weighted by atomic mass is 9.82. The first-order valence-electron chi connectivity index (χ1n) is 16.7. The van der Waals surface area contributed by atoms with E-state index in [1.54, 1.807) is 0 Å². The fourth-order valence-corrected chi connectivity index (χ4v) is 5.55. The molecule has 0 aliphatic rings. The van der Waals surface area contributed by atoms with Crippen molar-refractivity contribution in [2.24, 2.45) is 0 Å². The standard InChI is InChI=1S/C26H9F46O4P/c27-5(28,9(33,34)13(41,42)17(49,50)21(57,58)19(53,54)15(45,46)11(37,38)7(31,23(61,62)63)24(64,65)66)1-3-75-77(73,74)76-4-2-6(29,30)10(35,36)14(43,44)18(51,52)22(59,60)20(55,56)16(47,48)12(39,40)8(32,25(67,68)69)26(70,71)72/h1-4H2,(H,73,74). The van der Waals surface area contributed by atoms with Crippen molar-refractivity contribution in [2.45, 2.75) is 144 Å². The maximum Gasteiger partial charge on any atom is 0.472 e. The monoisotopic (exact) mass is 1290 g/mol. The van der Waals surface area contributed by atoms with Crippen LogP contribution in [0.1, 0.15) is 12.8 Å². The second kappa shape index (κ2) is 19.0. The molecule has 0 radical (unpaired) electrons. The highest BCUT2D eigenvalue weighted by Crippen LogP contribution is 2.71. The van der Waals surface area contributed by atoms with E-state index in [2.05, 4.69) is 9.05 Å². The Morgan fingerprint density at radius 2 is 0.364 bits per heavy atom. The normalized spacial score (nSPS) is 17.1. The van der Waals surface area contributed by atoms with Crippen molar-refractivity contribution in [3.63, 3.8) is 0 Å². The van der Waals surface area contributed by atoms with Crippen molar-refractivity contribution in [3.8, 4) is 0 Å². The Bertz CT molecular complexity index is 1950. The summed E-state index contributed by atoms with van der Waals surface area (Å²) in [7, 11) is -7.31. The van der Waals surface area contributed by atoms with Crippen LogP contribution in [0, 0.1) is 0 Å². The van der Waals surface area contributed by atoms with Gasteiger partial charge in [-0.15, -0.1) is 0 Å². The molecular weight excluding hydrogens is 1280 g/mol. The fourth-order valence-electron chi connectivity index (χ4n) is 4.83. The SMILES string of the molecule is O=P(O)(OCCC(F)(F)C(F)(F)C(F)(F)C(F)(F)C(F)(F)C(F)(F)C(F)(F)C(F)(F)C(F)(C(F)(F)F)C(F)(F)F)OCCC(F)(F)C(F)(F)C(F)(F)C(F)(F)C(F)(F)C(F)(F)C(F)(F)C(F)(F)C(F)(C(F)(F)F)C(F)(F)F. The quantitative estimate of drug-likeness (QED) is 0.0773. The fraction of sp³-hybridized carbons (Fsp3) is 1.00. The van der Waals surface area contributed by atoms with Gasteiger partial charge < -0.3 is 4.89 Å². The second-order valence-electron chi connectivity index (χ2n) is 14.4. The van der Waals surface area contributed by atoms with Crippen LogP contribution in [-0.4, -0.2) is 149 Å². The minimum atomic E-state index is -9.95. The number of phosphoric acid groups is 1. The van der Waals surface area contributed by atoms with Crippen LogP contribution in [0.25, 0.3) is 0 Å². The van der Waals surface area contributed by atoms with Crippen LogP contribution in [0.5, 0.6) is 0 Å². The molecule has 0 aromatic heterocycles. The highest BCUT2D eigenvalue weighted by Gasteiger charge is 3.02. The summed E-state index contributed by atoms with van der Waals surface area (Å²) in [6.07, 6.45) is -43.6. The van der Waals surface area contributed by atoms with Gasteiger partial charge in [0.15, 0.2) is 0 Å². The van der Waals surface area contributed by atoms with E-state index in [0.717, 1.165) is 0 Å². The third-order valence-corrected chi connectivity index (χ3v) is 10.4. The molecule has 0 aromatic carbocycles. The summed E-state index contributed by atoms with van der Waals surface area (Å²) < 4.78 is 641. The van der Waals surface area contributed by atoms with E-state index in [-0.39, 0.29) is 0 Å². The van der Waals surface area contributed by atoms with Gasteiger partial charge in [0.05, 0.1) is 13.2 Å². The van der Waals surface area contributed by atoms with Gasteiger partial charge in [-0.05, 0) is 0 Å². The Kier molecular flexibility index (Phi) is 18.2. The molecule has 0 heterocycles. The molecule has 1 N–H and O–H groups in total. The molecule has 464 valence electrons. The average Bonchev–Trinajstić information content (AvgIpc) is 3.16. The second-order valence-corrected chi connectivity index (χ2v) is 15.8. The largest absolute Gasteiger partial charge is 0.472 e. The van der Waals surface area contributed by atoms with Crippen LogP contribution in [0.2, 0.25) is 0 Å². The zero-order chi connectivity index (χ0) is 63.7. The maximum absolute atomic E-state index is 14.1. The van der Waals surface area contributed by atoms with Gasteiger partial charge >= 0.3 is 139 Å². The summed E-state index contributed by atoms with van der Waals surface area (Å²) in [6.45, 7) is -6.91. The molecule has 4 nitrogen and oxygen atoms in total. The summed E-state index contributed by atoms with van der Waals surface area (Å²) >= 11 is 0. The number of alkyl halides is 46. The Labute approximate surface area is 386 Å². The van der Waals surface area contributed by atoms with Crippen LogP contribution < -0.4 is 0 Å². The van der Waals surface area contributed by atoms with Gasteiger partial charge in [-0.2, -0.15) is 193 Å². The Morgan fingerprint density at radius 1 is 0.234 bits per heavy atom. The molecule has 0 bridgehead atoms. The first-order chi connectivity index (χ1) is 32.4. The zero-order valence-corrected chi connectivity index (χ0v) is 34.2. The molecule has 0 amide bonds. The predicted molar refractivity (Wildman–Crippen MR) is 142 cm³/mol. The van der Waals surface area contributed by atoms with E-state index in [0.29, 0.717) is 0 Å². The molecule has 77 heavy (non-hydrogen) atoms. The molecule has 0 rings (SSSR count). The van der Waals surface area contributed by atoms with Crippen LogP contribution in [-0.2, 0) is 13.6 Å². The van der Waals surface area contributed by atoms with Crippen LogP contribution in [0.3, 0.4) is 0 Å². The van der Waals surface area contributed by atoms with Crippen molar-refractivity contribution in [3.05, 3.63) is 0 Å². The van der Waals surface area contributed by atoms with Crippen molar-refractivity contribution >= 4 is 7.82 Å². The number of halogens is 46. The molecule has 0 unspecified atom stereocenters. The van der Waals surface area contributed by atoms with E-state index >= 15 is 0 Å². The summed E-state index contributed by atoms with van der Waals surface area (Å²) in [5, 5.41) is 0. The number of hydrogen-bond donors (Lipinski definition) is 1. The highest BCUT2D eigenvalue weighted by molar-refractivity contribution is 7.47. The van der Waals surface area contributed by atoms with Crippen molar-refractivity contribution < 1.29 is 220 Å². The molecule has 0 aliphatic carbocycles. The van der Waals surface area contributed by atoms with Gasteiger partial charge in [0.2, 0.25) is 0 Å². The Hall–Kier alpha value is -3.11. The predicted octanol–water partition coefficient (Wildman–Crippen LogP) is 15.7. The Balaban J connectivity index is 6.85. The van der Waals surface area contributed by atoms with Gasteiger partial charge in [0.25, 0.3) is 0 Å². The summed E-state index contributed by atoms with van der Waals surface area (Å²) in [5.74, 6) is -151. The van der Waals surface area contributed by atoms with E-state index in [9.17, 15) is 207 Å². The van der Waals surface area contributed by atoms with E-state index in [1.807, 2.05) is 0 Å². The van der Waals surface area contributed by atoms with E-state index in [4.69, 9.17) is 4.89 Å². The summed E-state index contributed by atoms with van der Waals surface area (Å²) in [6, 6.07) is 0. The van der Waals surface area contributed by atoms with Crippen molar-refractivity contribution in [1.29, 1.82) is 0 Å². The molecular formula is C26H9F46O4P. The lowest BCUT2D eigenvalue weighted by molar-refractivity contribution is -0.481. The molecule has 51 heteroatoms. The minimum absolute atomic E-state index is 2.87. The average molecular weight is 1290 g/mol. The first kappa shape index (κ1) is 73.9. The molecule has 0 saturated heterocycles. The van der Waals surface area contributed by atoms with Gasteiger partial charge in [-0.3, -0.25) is 9.05 Å². The molecule has 0 atom stereocenters. The molecule has 0 aromatic rings. The number of phosphoric ester groups is 1. The van der Waals surface area contributed by atoms with Gasteiger partial charge in [-0.25, -0.2) is 13.3 Å². The third-order valence-electron chi connectivity index (χ3n) is 9.42. The lowest BCUT2D eigenvalue weighted by Gasteiger charge is -2.46. The van der Waals surface area contributed by atoms with Gasteiger partial charge in [0, 0.05) is 12.8 Å². The van der Waals surface area contributed by atoms with Crippen molar-refractivity contribution in [2.75, 3.05) is 13.2 Å². The summed E-state index contributed by atoms with van der Waals surface area (Å²) in [5.41, 5.74) is -18.8. The molecule has 0 saturated carbocycles. The van der Waals surface area contributed by atoms with E-state index in [1.165, 1.54) is 0 Å². The van der Waals surface area contributed by atoms with Crippen molar-refractivity contribution in [1.82, 2.24) is 0 Å². The number of hydrogen-bond acceptors (Lipinski definition) is 3.